The Bertz CT molecular complexity index is 768. The van der Waals surface area contributed by atoms with Crippen LogP contribution >= 0.6 is 23.2 Å². The lowest BCUT2D eigenvalue weighted by Crippen LogP contribution is -2.39. The van der Waals surface area contributed by atoms with Gasteiger partial charge in [0, 0.05) is 23.3 Å². The monoisotopic (exact) mass is 391 g/mol. The predicted octanol–water partition coefficient (Wildman–Crippen LogP) is 4.30. The number of aryl methyl sites for hydroxylation is 1. The molecule has 0 saturated carbocycles. The van der Waals surface area contributed by atoms with Crippen LogP contribution in [0.25, 0.3) is 0 Å². The summed E-state index contributed by atoms with van der Waals surface area (Å²) in [5.74, 6) is -0.691. The van der Waals surface area contributed by atoms with E-state index in [1.807, 2.05) is 0 Å². The predicted molar refractivity (Wildman–Crippen MR) is 91.0 cm³/mol. The van der Waals surface area contributed by atoms with Gasteiger partial charge in [-0.15, -0.1) is 0 Å². The van der Waals surface area contributed by atoms with Crippen LogP contribution in [0.3, 0.4) is 0 Å². The highest BCUT2D eigenvalue weighted by Gasteiger charge is 2.29. The van der Waals surface area contributed by atoms with Crippen LogP contribution in [0.1, 0.15) is 35.0 Å². The number of carbonyl (C=O) groups is 1. The molecule has 9 heteroatoms. The molecule has 1 aromatic heterocycles. The fourth-order valence-electron chi connectivity index (χ4n) is 2.50. The Balaban J connectivity index is 2.24. The molecule has 25 heavy (non-hydrogen) atoms. The number of aromatic nitrogens is 2. The average Bonchev–Trinajstić information content (AvgIpc) is 2.93. The molecule has 1 aromatic carbocycles. The third kappa shape index (κ3) is 4.48. The summed E-state index contributed by atoms with van der Waals surface area (Å²) in [6.07, 6.45) is -1.25. The zero-order valence-corrected chi connectivity index (χ0v) is 15.4. The quantitative estimate of drug-likeness (QED) is 0.689. The van der Waals surface area contributed by atoms with Crippen LogP contribution in [-0.2, 0) is 18.3 Å². The Hall–Kier alpha value is -1.70. The Kier molecular flexibility index (Phi) is 6.37. The lowest BCUT2D eigenvalue weighted by Gasteiger charge is -2.26. The van der Waals surface area contributed by atoms with E-state index in [-0.39, 0.29) is 5.56 Å². The SMILES string of the molecule is CON(C(=O)c1cn(C)nc1C(F)F)C(C)Cc1ccc(Cl)cc1Cl. The van der Waals surface area contributed by atoms with Gasteiger partial charge in [0.05, 0.1) is 18.7 Å². The number of benzene rings is 1. The number of hydrogen-bond donors (Lipinski definition) is 0. The van der Waals surface area contributed by atoms with Gasteiger partial charge in [-0.1, -0.05) is 29.3 Å². The van der Waals surface area contributed by atoms with Crippen molar-refractivity contribution in [1.82, 2.24) is 14.8 Å². The first-order valence-corrected chi connectivity index (χ1v) is 8.13. The minimum Gasteiger partial charge on any atom is -0.275 e. The highest BCUT2D eigenvalue weighted by molar-refractivity contribution is 6.35. The summed E-state index contributed by atoms with van der Waals surface area (Å²) < 4.78 is 27.3. The van der Waals surface area contributed by atoms with E-state index >= 15 is 0 Å². The number of nitrogens with zero attached hydrogens (tertiary/aromatic N) is 3. The first-order chi connectivity index (χ1) is 11.7. The lowest BCUT2D eigenvalue weighted by molar-refractivity contribution is -0.119. The van der Waals surface area contributed by atoms with Crippen molar-refractivity contribution in [2.45, 2.75) is 25.8 Å². The molecule has 0 aliphatic carbocycles. The summed E-state index contributed by atoms with van der Waals surface area (Å²) in [4.78, 5) is 17.8. The molecule has 2 aromatic rings. The maximum Gasteiger partial charge on any atom is 0.282 e. The van der Waals surface area contributed by atoms with E-state index in [0.717, 1.165) is 10.6 Å². The van der Waals surface area contributed by atoms with Crippen LogP contribution in [-0.4, -0.2) is 33.9 Å². The van der Waals surface area contributed by atoms with Crippen molar-refractivity contribution in [3.05, 3.63) is 51.3 Å². The molecule has 0 radical (unpaired) electrons. The number of halogens is 4. The van der Waals surface area contributed by atoms with E-state index < -0.39 is 24.1 Å². The third-order valence-electron chi connectivity index (χ3n) is 3.62. The zero-order valence-electron chi connectivity index (χ0n) is 13.8. The zero-order chi connectivity index (χ0) is 18.7. The van der Waals surface area contributed by atoms with Crippen LogP contribution < -0.4 is 0 Å². The first-order valence-electron chi connectivity index (χ1n) is 7.37. The van der Waals surface area contributed by atoms with Crippen LogP contribution in [0.5, 0.6) is 0 Å². The lowest BCUT2D eigenvalue weighted by atomic mass is 10.1. The molecule has 2 rings (SSSR count). The Labute approximate surface area is 154 Å². The van der Waals surface area contributed by atoms with Gasteiger partial charge in [0.25, 0.3) is 12.3 Å². The molecule has 5 nitrogen and oxygen atoms in total. The van der Waals surface area contributed by atoms with Gasteiger partial charge in [-0.3, -0.25) is 14.3 Å². The Morgan fingerprint density at radius 2 is 2.08 bits per heavy atom. The maximum atomic E-state index is 13.1. The van der Waals surface area contributed by atoms with E-state index in [9.17, 15) is 13.6 Å². The number of rotatable bonds is 6. The second-order valence-electron chi connectivity index (χ2n) is 5.50. The topological polar surface area (TPSA) is 47.4 Å². The van der Waals surface area contributed by atoms with Gasteiger partial charge in [0.15, 0.2) is 0 Å². The van der Waals surface area contributed by atoms with Crippen LogP contribution in [0.4, 0.5) is 8.78 Å². The molecule has 1 heterocycles. The molecule has 0 aliphatic heterocycles. The number of amides is 1. The molecule has 0 N–H and O–H groups in total. The summed E-state index contributed by atoms with van der Waals surface area (Å²) in [5, 5.41) is 5.63. The van der Waals surface area contributed by atoms with Gasteiger partial charge in [-0.25, -0.2) is 13.8 Å². The van der Waals surface area contributed by atoms with Gasteiger partial charge < -0.3 is 0 Å². The largest absolute Gasteiger partial charge is 0.282 e. The normalized spacial score (nSPS) is 12.5. The van der Waals surface area contributed by atoms with Gasteiger partial charge in [0.1, 0.15) is 5.69 Å². The number of alkyl halides is 2. The molecule has 136 valence electrons. The summed E-state index contributed by atoms with van der Waals surface area (Å²) in [6, 6.07) is 4.57. The van der Waals surface area contributed by atoms with Gasteiger partial charge in [0.2, 0.25) is 0 Å². The molecule has 1 atom stereocenters. The van der Waals surface area contributed by atoms with Crippen molar-refractivity contribution in [1.29, 1.82) is 0 Å². The van der Waals surface area contributed by atoms with Crippen LogP contribution in [0.2, 0.25) is 10.0 Å². The molecule has 0 bridgehead atoms. The number of hydrogen-bond acceptors (Lipinski definition) is 3. The van der Waals surface area contributed by atoms with Gasteiger partial charge >= 0.3 is 0 Å². The first kappa shape index (κ1) is 19.6. The highest BCUT2D eigenvalue weighted by Crippen LogP contribution is 2.26. The smallest absolute Gasteiger partial charge is 0.275 e. The molecule has 0 aliphatic rings. The van der Waals surface area contributed by atoms with Gasteiger partial charge in [-0.2, -0.15) is 5.10 Å². The van der Waals surface area contributed by atoms with Crippen molar-refractivity contribution in [2.75, 3.05) is 7.11 Å². The number of hydroxylamine groups is 2. The van der Waals surface area contributed by atoms with E-state index in [0.29, 0.717) is 16.5 Å². The maximum absolute atomic E-state index is 13.1. The molecular formula is C16H17Cl2F2N3O2. The molecular weight excluding hydrogens is 375 g/mol. The molecule has 1 unspecified atom stereocenters. The molecule has 1 amide bonds. The molecule has 0 spiro atoms. The van der Waals surface area contributed by atoms with Crippen molar-refractivity contribution >= 4 is 29.1 Å². The van der Waals surface area contributed by atoms with Crippen molar-refractivity contribution in [3.8, 4) is 0 Å². The van der Waals surface area contributed by atoms with Gasteiger partial charge in [-0.05, 0) is 31.0 Å². The minimum absolute atomic E-state index is 0.201. The van der Waals surface area contributed by atoms with E-state index in [2.05, 4.69) is 5.10 Å². The minimum atomic E-state index is -2.86. The standard InChI is InChI=1S/C16H17Cl2F2N3O2/c1-9(6-10-4-5-11(17)7-13(10)18)23(25-3)16(24)12-8-22(2)21-14(12)15(19)20/h4-5,7-9,15H,6H2,1-3H3. The van der Waals surface area contributed by atoms with E-state index in [4.69, 9.17) is 28.0 Å². The summed E-state index contributed by atoms with van der Waals surface area (Å²) >= 11 is 12.0. The second kappa shape index (κ2) is 8.12. The van der Waals surface area contributed by atoms with Crippen molar-refractivity contribution in [2.24, 2.45) is 7.05 Å². The Morgan fingerprint density at radius 1 is 1.40 bits per heavy atom. The van der Waals surface area contributed by atoms with Crippen LogP contribution in [0, 0.1) is 0 Å². The highest BCUT2D eigenvalue weighted by atomic mass is 35.5. The van der Waals surface area contributed by atoms with E-state index in [1.165, 1.54) is 25.0 Å². The Morgan fingerprint density at radius 3 is 2.64 bits per heavy atom. The van der Waals surface area contributed by atoms with Crippen molar-refractivity contribution in [3.63, 3.8) is 0 Å². The fraction of sp³-hybridized carbons (Fsp3) is 0.375. The summed E-state index contributed by atoms with van der Waals surface area (Å²) in [5.41, 5.74) is -0.0200. The number of carbonyl (C=O) groups excluding carboxylic acids is 1. The summed E-state index contributed by atoms with van der Waals surface area (Å²) in [6.45, 7) is 1.73. The molecule has 0 fully saturated rings. The van der Waals surface area contributed by atoms with E-state index in [1.54, 1.807) is 25.1 Å². The third-order valence-corrected chi connectivity index (χ3v) is 4.21. The fourth-order valence-corrected chi connectivity index (χ4v) is 2.99. The average molecular weight is 392 g/mol. The molecule has 0 saturated heterocycles. The summed E-state index contributed by atoms with van der Waals surface area (Å²) in [7, 11) is 2.77. The van der Waals surface area contributed by atoms with Crippen molar-refractivity contribution < 1.29 is 18.4 Å². The van der Waals surface area contributed by atoms with Crippen LogP contribution in [0.15, 0.2) is 24.4 Å². The second-order valence-corrected chi connectivity index (χ2v) is 6.35.